The monoisotopic (exact) mass is 205 g/mol. The van der Waals surface area contributed by atoms with Crippen molar-refractivity contribution >= 4 is 17.4 Å². The predicted octanol–water partition coefficient (Wildman–Crippen LogP) is 2.72. The maximum atomic E-state index is 2.50. The van der Waals surface area contributed by atoms with Crippen LogP contribution in [0, 0.1) is 0 Å². The highest BCUT2D eigenvalue weighted by Gasteiger charge is 2.21. The molecule has 0 N–H and O–H groups in total. The van der Waals surface area contributed by atoms with Crippen molar-refractivity contribution in [1.82, 2.24) is 0 Å². The molecule has 1 aromatic carbocycles. The zero-order chi connectivity index (χ0) is 9.54. The van der Waals surface area contributed by atoms with E-state index in [-0.39, 0.29) is 0 Å². The normalized spacial score (nSPS) is 18.5. The second-order valence-electron chi connectivity index (χ2n) is 4.02. The molecule has 3 rings (SSSR count). The fourth-order valence-corrected chi connectivity index (χ4v) is 3.57. The number of aryl methyl sites for hydroxylation is 1. The molecule has 0 radical (unpaired) electrons. The van der Waals surface area contributed by atoms with Crippen molar-refractivity contribution in [2.75, 3.05) is 23.7 Å². The van der Waals surface area contributed by atoms with Gasteiger partial charge >= 0.3 is 0 Å². The van der Waals surface area contributed by atoms with Crippen molar-refractivity contribution in [2.24, 2.45) is 0 Å². The number of thioether (sulfide) groups is 1. The minimum absolute atomic E-state index is 1.15. The molecule has 0 atom stereocenters. The van der Waals surface area contributed by atoms with Crippen LogP contribution >= 0.6 is 11.8 Å². The Balaban J connectivity index is 2.09. The molecule has 2 heteroatoms. The van der Waals surface area contributed by atoms with Gasteiger partial charge in [-0.05, 0) is 43.0 Å². The third-order valence-corrected chi connectivity index (χ3v) is 4.36. The summed E-state index contributed by atoms with van der Waals surface area (Å²) >= 11 is 2.02. The molecule has 0 bridgehead atoms. The summed E-state index contributed by atoms with van der Waals surface area (Å²) in [7, 11) is 0. The molecule has 0 aliphatic carbocycles. The van der Waals surface area contributed by atoms with Gasteiger partial charge in [-0.3, -0.25) is 0 Å². The van der Waals surface area contributed by atoms with Gasteiger partial charge in [0.1, 0.15) is 0 Å². The summed E-state index contributed by atoms with van der Waals surface area (Å²) in [4.78, 5) is 4.04. The van der Waals surface area contributed by atoms with Crippen molar-refractivity contribution in [3.63, 3.8) is 0 Å². The van der Waals surface area contributed by atoms with Gasteiger partial charge in [-0.1, -0.05) is 0 Å². The Kier molecular flexibility index (Phi) is 1.98. The van der Waals surface area contributed by atoms with Gasteiger partial charge in [0.15, 0.2) is 0 Å². The Morgan fingerprint density at radius 3 is 3.07 bits per heavy atom. The molecule has 0 saturated carbocycles. The standard InChI is InChI=1S/C12H15NS/c1-2-13-5-3-9-8-12-10(4-6-14-12)7-11(9)13/h7-8H,2-6H2,1H3. The molecule has 14 heavy (non-hydrogen) atoms. The van der Waals surface area contributed by atoms with Gasteiger partial charge in [-0.15, -0.1) is 11.8 Å². The van der Waals surface area contributed by atoms with E-state index >= 15 is 0 Å². The first-order chi connectivity index (χ1) is 6.88. The van der Waals surface area contributed by atoms with Crippen LogP contribution in [0.5, 0.6) is 0 Å². The number of nitrogens with zero attached hydrogens (tertiary/aromatic N) is 1. The molecule has 1 aromatic rings. The van der Waals surface area contributed by atoms with Crippen LogP contribution in [-0.4, -0.2) is 18.8 Å². The van der Waals surface area contributed by atoms with E-state index in [0.717, 1.165) is 6.54 Å². The van der Waals surface area contributed by atoms with Gasteiger partial charge < -0.3 is 4.90 Å². The first-order valence-electron chi connectivity index (χ1n) is 5.42. The zero-order valence-corrected chi connectivity index (χ0v) is 9.36. The van der Waals surface area contributed by atoms with Crippen LogP contribution in [0.3, 0.4) is 0 Å². The lowest BCUT2D eigenvalue weighted by atomic mass is 10.1. The molecule has 0 amide bonds. The number of likely N-dealkylation sites (N-methyl/N-ethyl adjacent to an activating group) is 1. The van der Waals surface area contributed by atoms with E-state index in [9.17, 15) is 0 Å². The second-order valence-corrected chi connectivity index (χ2v) is 5.15. The molecule has 2 heterocycles. The SMILES string of the molecule is CCN1CCc2cc3c(cc21)CCS3. The Morgan fingerprint density at radius 1 is 1.29 bits per heavy atom. The first kappa shape index (κ1) is 8.66. The van der Waals surface area contributed by atoms with Crippen molar-refractivity contribution in [1.29, 1.82) is 0 Å². The van der Waals surface area contributed by atoms with E-state index in [1.54, 1.807) is 16.0 Å². The Bertz CT molecular complexity index is 373. The Hall–Kier alpha value is -0.630. The fourth-order valence-electron chi connectivity index (χ4n) is 2.45. The third-order valence-electron chi connectivity index (χ3n) is 3.26. The molecule has 0 saturated heterocycles. The van der Waals surface area contributed by atoms with Crippen LogP contribution in [0.25, 0.3) is 0 Å². The highest BCUT2D eigenvalue weighted by atomic mass is 32.2. The molecular formula is C12H15NS. The average Bonchev–Trinajstić information content (AvgIpc) is 2.78. The highest BCUT2D eigenvalue weighted by molar-refractivity contribution is 7.99. The molecule has 2 aliphatic heterocycles. The van der Waals surface area contributed by atoms with Crippen LogP contribution in [0.1, 0.15) is 18.1 Å². The minimum Gasteiger partial charge on any atom is -0.371 e. The summed E-state index contributed by atoms with van der Waals surface area (Å²) in [6.45, 7) is 4.62. The third kappa shape index (κ3) is 1.17. The smallest absolute Gasteiger partial charge is 0.0403 e. The van der Waals surface area contributed by atoms with Gasteiger partial charge in [0.25, 0.3) is 0 Å². The highest BCUT2D eigenvalue weighted by Crippen LogP contribution is 2.38. The lowest BCUT2D eigenvalue weighted by Crippen LogP contribution is -2.19. The predicted molar refractivity (Wildman–Crippen MR) is 62.5 cm³/mol. The summed E-state index contributed by atoms with van der Waals surface area (Å²) in [5, 5.41) is 0. The van der Waals surface area contributed by atoms with E-state index in [1.165, 1.54) is 30.8 Å². The van der Waals surface area contributed by atoms with Gasteiger partial charge in [0.05, 0.1) is 0 Å². The van der Waals surface area contributed by atoms with Gasteiger partial charge in [-0.2, -0.15) is 0 Å². The molecule has 0 spiro atoms. The number of fused-ring (bicyclic) bond motifs is 2. The molecule has 0 fully saturated rings. The summed E-state index contributed by atoms with van der Waals surface area (Å²) in [5.41, 5.74) is 4.66. The van der Waals surface area contributed by atoms with E-state index in [2.05, 4.69) is 24.0 Å². The van der Waals surface area contributed by atoms with Crippen LogP contribution in [-0.2, 0) is 12.8 Å². The first-order valence-corrected chi connectivity index (χ1v) is 6.40. The molecule has 0 unspecified atom stereocenters. The molecular weight excluding hydrogens is 190 g/mol. The van der Waals surface area contributed by atoms with Crippen LogP contribution < -0.4 is 4.90 Å². The minimum atomic E-state index is 1.15. The quantitative estimate of drug-likeness (QED) is 0.693. The Morgan fingerprint density at radius 2 is 2.21 bits per heavy atom. The van der Waals surface area contributed by atoms with E-state index < -0.39 is 0 Å². The average molecular weight is 205 g/mol. The lowest BCUT2D eigenvalue weighted by molar-refractivity contribution is 0.868. The van der Waals surface area contributed by atoms with Crippen molar-refractivity contribution < 1.29 is 0 Å². The van der Waals surface area contributed by atoms with Crippen molar-refractivity contribution in [2.45, 2.75) is 24.7 Å². The van der Waals surface area contributed by atoms with Gasteiger partial charge in [-0.25, -0.2) is 0 Å². The molecule has 2 aliphatic rings. The maximum absolute atomic E-state index is 2.50. The lowest BCUT2D eigenvalue weighted by Gasteiger charge is -2.17. The summed E-state index contributed by atoms with van der Waals surface area (Å²) in [6.07, 6.45) is 2.52. The van der Waals surface area contributed by atoms with E-state index in [1.807, 2.05) is 11.8 Å². The number of benzene rings is 1. The van der Waals surface area contributed by atoms with Crippen LogP contribution in [0.15, 0.2) is 17.0 Å². The van der Waals surface area contributed by atoms with Crippen LogP contribution in [0.4, 0.5) is 5.69 Å². The van der Waals surface area contributed by atoms with Gasteiger partial charge in [0, 0.05) is 29.4 Å². The summed E-state index contributed by atoms with van der Waals surface area (Å²) < 4.78 is 0. The fraction of sp³-hybridized carbons (Fsp3) is 0.500. The van der Waals surface area contributed by atoms with Gasteiger partial charge in [0.2, 0.25) is 0 Å². The summed E-state index contributed by atoms with van der Waals surface area (Å²) in [6, 6.07) is 4.86. The summed E-state index contributed by atoms with van der Waals surface area (Å²) in [5.74, 6) is 1.28. The second kappa shape index (κ2) is 3.20. The number of rotatable bonds is 1. The van der Waals surface area contributed by atoms with Crippen molar-refractivity contribution in [3.05, 3.63) is 23.3 Å². The van der Waals surface area contributed by atoms with Crippen molar-refractivity contribution in [3.8, 4) is 0 Å². The zero-order valence-electron chi connectivity index (χ0n) is 8.55. The number of anilines is 1. The Labute approximate surface area is 89.5 Å². The molecule has 1 nitrogen and oxygen atoms in total. The maximum Gasteiger partial charge on any atom is 0.0403 e. The molecule has 0 aromatic heterocycles. The van der Waals surface area contributed by atoms with E-state index in [4.69, 9.17) is 0 Å². The number of hydrogen-bond acceptors (Lipinski definition) is 2. The van der Waals surface area contributed by atoms with E-state index in [0.29, 0.717) is 0 Å². The molecule has 74 valence electrons. The number of hydrogen-bond donors (Lipinski definition) is 0. The van der Waals surface area contributed by atoms with Crippen LogP contribution in [0.2, 0.25) is 0 Å². The topological polar surface area (TPSA) is 3.24 Å². The largest absolute Gasteiger partial charge is 0.371 e.